The SMILES string of the molecule is C=CC(NC(=O)CCl)C1CCOCC1. The van der Waals surface area contributed by atoms with Gasteiger partial charge in [0.2, 0.25) is 5.91 Å². The Kier molecular flexibility index (Phi) is 4.98. The van der Waals surface area contributed by atoms with E-state index in [0.29, 0.717) is 5.92 Å². The van der Waals surface area contributed by atoms with Crippen LogP contribution in [0.25, 0.3) is 0 Å². The number of hydrogen-bond acceptors (Lipinski definition) is 2. The zero-order valence-corrected chi connectivity index (χ0v) is 8.93. The maximum atomic E-state index is 11.1. The molecule has 4 heteroatoms. The van der Waals surface area contributed by atoms with E-state index in [1.807, 2.05) is 0 Å². The highest BCUT2D eigenvalue weighted by Gasteiger charge is 2.22. The lowest BCUT2D eigenvalue weighted by atomic mass is 9.92. The summed E-state index contributed by atoms with van der Waals surface area (Å²) < 4.78 is 5.25. The second-order valence-electron chi connectivity index (χ2n) is 3.41. The van der Waals surface area contributed by atoms with Gasteiger partial charge in [-0.3, -0.25) is 4.79 Å². The first kappa shape index (κ1) is 11.5. The van der Waals surface area contributed by atoms with Crippen LogP contribution in [0.1, 0.15) is 12.8 Å². The van der Waals surface area contributed by atoms with Crippen molar-refractivity contribution in [1.29, 1.82) is 0 Å². The average Bonchev–Trinajstić information content (AvgIpc) is 2.26. The Morgan fingerprint density at radius 1 is 1.64 bits per heavy atom. The number of carbonyl (C=O) groups is 1. The van der Waals surface area contributed by atoms with Gasteiger partial charge in [-0.05, 0) is 18.8 Å². The zero-order chi connectivity index (χ0) is 10.4. The van der Waals surface area contributed by atoms with Gasteiger partial charge < -0.3 is 10.1 Å². The molecule has 1 N–H and O–H groups in total. The number of halogens is 1. The smallest absolute Gasteiger partial charge is 0.235 e. The Morgan fingerprint density at radius 3 is 2.79 bits per heavy atom. The van der Waals surface area contributed by atoms with E-state index in [2.05, 4.69) is 11.9 Å². The molecule has 0 aromatic heterocycles. The van der Waals surface area contributed by atoms with E-state index in [9.17, 15) is 4.79 Å². The third-order valence-electron chi connectivity index (χ3n) is 2.48. The summed E-state index contributed by atoms with van der Waals surface area (Å²) in [5.41, 5.74) is 0. The van der Waals surface area contributed by atoms with Crippen LogP contribution >= 0.6 is 11.6 Å². The third kappa shape index (κ3) is 3.31. The summed E-state index contributed by atoms with van der Waals surface area (Å²) in [4.78, 5) is 11.1. The summed E-state index contributed by atoms with van der Waals surface area (Å²) in [6.45, 7) is 5.26. The predicted octanol–water partition coefficient (Wildman–Crippen LogP) is 1.32. The van der Waals surface area contributed by atoms with E-state index >= 15 is 0 Å². The molecule has 1 amide bonds. The molecule has 0 bridgehead atoms. The van der Waals surface area contributed by atoms with E-state index in [-0.39, 0.29) is 17.8 Å². The fraction of sp³-hybridized carbons (Fsp3) is 0.700. The standard InChI is InChI=1S/C10H16ClNO2/c1-2-9(12-10(13)7-11)8-3-5-14-6-4-8/h2,8-9H,1,3-7H2,(H,12,13). The summed E-state index contributed by atoms with van der Waals surface area (Å²) in [5, 5.41) is 2.84. The fourth-order valence-electron chi connectivity index (χ4n) is 1.67. The minimum Gasteiger partial charge on any atom is -0.381 e. The van der Waals surface area contributed by atoms with Crippen LogP contribution in [-0.4, -0.2) is 31.0 Å². The molecule has 0 radical (unpaired) electrons. The Morgan fingerprint density at radius 2 is 2.29 bits per heavy atom. The topological polar surface area (TPSA) is 38.3 Å². The van der Waals surface area contributed by atoms with Crippen LogP contribution < -0.4 is 5.32 Å². The van der Waals surface area contributed by atoms with Crippen molar-refractivity contribution in [2.75, 3.05) is 19.1 Å². The highest BCUT2D eigenvalue weighted by molar-refractivity contribution is 6.27. The summed E-state index contributed by atoms with van der Waals surface area (Å²) >= 11 is 5.42. The van der Waals surface area contributed by atoms with E-state index in [4.69, 9.17) is 16.3 Å². The van der Waals surface area contributed by atoms with Crippen LogP contribution in [0.4, 0.5) is 0 Å². The monoisotopic (exact) mass is 217 g/mol. The number of carbonyl (C=O) groups excluding carboxylic acids is 1. The van der Waals surface area contributed by atoms with Crippen molar-refractivity contribution in [1.82, 2.24) is 5.32 Å². The van der Waals surface area contributed by atoms with Crippen LogP contribution in [-0.2, 0) is 9.53 Å². The molecule has 80 valence electrons. The molecule has 3 nitrogen and oxygen atoms in total. The number of amides is 1. The number of nitrogens with one attached hydrogen (secondary N) is 1. The Hall–Kier alpha value is -0.540. The zero-order valence-electron chi connectivity index (χ0n) is 8.17. The third-order valence-corrected chi connectivity index (χ3v) is 2.72. The molecule has 1 unspecified atom stereocenters. The predicted molar refractivity (Wildman–Crippen MR) is 56.4 cm³/mol. The molecule has 1 heterocycles. The minimum absolute atomic E-state index is 0.00750. The Balaban J connectivity index is 2.43. The molecule has 1 fully saturated rings. The summed E-state index contributed by atoms with van der Waals surface area (Å²) in [7, 11) is 0. The van der Waals surface area contributed by atoms with Gasteiger partial charge in [0, 0.05) is 19.3 Å². The number of ether oxygens (including phenoxy) is 1. The first-order valence-electron chi connectivity index (χ1n) is 4.83. The lowest BCUT2D eigenvalue weighted by Crippen LogP contribution is -2.41. The van der Waals surface area contributed by atoms with Crippen molar-refractivity contribution in [3.63, 3.8) is 0 Å². The molecule has 1 atom stereocenters. The van der Waals surface area contributed by atoms with Crippen LogP contribution in [0, 0.1) is 5.92 Å². The molecule has 1 saturated heterocycles. The minimum atomic E-state index is -0.136. The van der Waals surface area contributed by atoms with Gasteiger partial charge in [-0.25, -0.2) is 0 Å². The van der Waals surface area contributed by atoms with E-state index < -0.39 is 0 Å². The first-order valence-corrected chi connectivity index (χ1v) is 5.37. The highest BCUT2D eigenvalue weighted by Crippen LogP contribution is 2.19. The van der Waals surface area contributed by atoms with Gasteiger partial charge in [-0.1, -0.05) is 6.08 Å². The quantitative estimate of drug-likeness (QED) is 0.570. The van der Waals surface area contributed by atoms with Gasteiger partial charge in [-0.2, -0.15) is 0 Å². The summed E-state index contributed by atoms with van der Waals surface area (Å²) in [5.74, 6) is 0.310. The molecule has 0 aliphatic carbocycles. The lowest BCUT2D eigenvalue weighted by molar-refractivity contribution is -0.119. The molecule has 0 spiro atoms. The van der Waals surface area contributed by atoms with Gasteiger partial charge >= 0.3 is 0 Å². The van der Waals surface area contributed by atoms with Gasteiger partial charge in [0.25, 0.3) is 0 Å². The maximum absolute atomic E-state index is 11.1. The molecule has 0 aromatic carbocycles. The Bertz CT molecular complexity index is 202. The van der Waals surface area contributed by atoms with E-state index in [0.717, 1.165) is 26.1 Å². The summed E-state index contributed by atoms with van der Waals surface area (Å²) in [6.07, 6.45) is 3.72. The number of alkyl halides is 1. The van der Waals surface area contributed by atoms with Crippen molar-refractivity contribution in [3.8, 4) is 0 Å². The lowest BCUT2D eigenvalue weighted by Gasteiger charge is -2.28. The Labute approximate surface area is 89.5 Å². The van der Waals surface area contributed by atoms with Gasteiger partial charge in [-0.15, -0.1) is 18.2 Å². The number of rotatable bonds is 4. The van der Waals surface area contributed by atoms with Crippen LogP contribution in [0.15, 0.2) is 12.7 Å². The molecule has 0 saturated carbocycles. The van der Waals surface area contributed by atoms with Crippen LogP contribution in [0.2, 0.25) is 0 Å². The van der Waals surface area contributed by atoms with Crippen molar-refractivity contribution >= 4 is 17.5 Å². The van der Waals surface area contributed by atoms with Crippen molar-refractivity contribution in [2.45, 2.75) is 18.9 Å². The maximum Gasteiger partial charge on any atom is 0.235 e. The van der Waals surface area contributed by atoms with Crippen molar-refractivity contribution in [3.05, 3.63) is 12.7 Å². The van der Waals surface area contributed by atoms with Gasteiger partial charge in [0.1, 0.15) is 5.88 Å². The highest BCUT2D eigenvalue weighted by atomic mass is 35.5. The molecule has 1 rings (SSSR count). The molecule has 1 aliphatic rings. The van der Waals surface area contributed by atoms with Crippen LogP contribution in [0.3, 0.4) is 0 Å². The number of hydrogen-bond donors (Lipinski definition) is 1. The van der Waals surface area contributed by atoms with Crippen molar-refractivity contribution < 1.29 is 9.53 Å². The molecule has 1 aliphatic heterocycles. The van der Waals surface area contributed by atoms with E-state index in [1.165, 1.54) is 0 Å². The van der Waals surface area contributed by atoms with E-state index in [1.54, 1.807) is 6.08 Å². The fourth-order valence-corrected chi connectivity index (χ4v) is 1.75. The second kappa shape index (κ2) is 6.04. The van der Waals surface area contributed by atoms with Crippen LogP contribution in [0.5, 0.6) is 0 Å². The average molecular weight is 218 g/mol. The first-order chi connectivity index (χ1) is 6.77. The molecular weight excluding hydrogens is 202 g/mol. The molecule has 0 aromatic rings. The van der Waals surface area contributed by atoms with Crippen molar-refractivity contribution in [2.24, 2.45) is 5.92 Å². The normalized spacial score (nSPS) is 20.1. The molecule has 14 heavy (non-hydrogen) atoms. The van der Waals surface area contributed by atoms with Gasteiger partial charge in [0.15, 0.2) is 0 Å². The summed E-state index contributed by atoms with van der Waals surface area (Å²) in [6, 6.07) is 0.0325. The molecular formula is C10H16ClNO2. The second-order valence-corrected chi connectivity index (χ2v) is 3.68. The largest absolute Gasteiger partial charge is 0.381 e. The van der Waals surface area contributed by atoms with Gasteiger partial charge in [0.05, 0.1) is 0 Å².